The lowest BCUT2D eigenvalue weighted by Gasteiger charge is -1.98. The second-order valence-electron chi connectivity index (χ2n) is 2.64. The molecule has 2 saturated heterocycles. The van der Waals surface area contributed by atoms with Gasteiger partial charge in [0.2, 0.25) is 0 Å². The van der Waals surface area contributed by atoms with E-state index in [1.165, 1.54) is 0 Å². The van der Waals surface area contributed by atoms with Crippen LogP contribution in [-0.2, 0) is 9.84 Å². The SMILES string of the molecule is O=S1(=O)C[C@@H]2SC(=S)S[C@H]2C1. The van der Waals surface area contributed by atoms with E-state index in [-0.39, 0.29) is 10.5 Å². The zero-order valence-corrected chi connectivity index (χ0v) is 8.78. The van der Waals surface area contributed by atoms with E-state index in [9.17, 15) is 8.42 Å². The third-order valence-electron chi connectivity index (χ3n) is 1.75. The lowest BCUT2D eigenvalue weighted by atomic mass is 10.4. The van der Waals surface area contributed by atoms with Crippen molar-refractivity contribution in [3.05, 3.63) is 0 Å². The average molecular weight is 226 g/mol. The largest absolute Gasteiger partial charge is 0.229 e. The fourth-order valence-corrected chi connectivity index (χ4v) is 7.94. The summed E-state index contributed by atoms with van der Waals surface area (Å²) in [5.74, 6) is 0.658. The maximum Gasteiger partial charge on any atom is 0.152 e. The van der Waals surface area contributed by atoms with Crippen molar-refractivity contribution in [2.24, 2.45) is 0 Å². The van der Waals surface area contributed by atoms with E-state index in [0.717, 1.165) is 3.53 Å². The number of hydrogen-bond donors (Lipinski definition) is 0. The molecule has 2 heterocycles. The summed E-state index contributed by atoms with van der Waals surface area (Å²) in [5.41, 5.74) is 0. The molecule has 0 bridgehead atoms. The number of thiocarbonyl (C=S) groups is 1. The van der Waals surface area contributed by atoms with Crippen molar-refractivity contribution in [2.75, 3.05) is 11.5 Å². The van der Waals surface area contributed by atoms with Gasteiger partial charge in [0, 0.05) is 10.5 Å². The van der Waals surface area contributed by atoms with E-state index in [4.69, 9.17) is 12.2 Å². The highest BCUT2D eigenvalue weighted by Crippen LogP contribution is 2.44. The Morgan fingerprint density at radius 1 is 1.27 bits per heavy atom. The molecule has 0 aliphatic carbocycles. The number of hydrogen-bond acceptors (Lipinski definition) is 5. The van der Waals surface area contributed by atoms with Gasteiger partial charge in [-0.15, -0.1) is 23.5 Å². The van der Waals surface area contributed by atoms with Crippen molar-refractivity contribution in [1.82, 2.24) is 0 Å². The zero-order valence-electron chi connectivity index (χ0n) is 5.52. The van der Waals surface area contributed by atoms with Crippen LogP contribution in [0.5, 0.6) is 0 Å². The minimum absolute atomic E-state index is 0.248. The van der Waals surface area contributed by atoms with Crippen molar-refractivity contribution < 1.29 is 8.42 Å². The molecule has 0 aromatic carbocycles. The Morgan fingerprint density at radius 3 is 2.18 bits per heavy atom. The first-order chi connectivity index (χ1) is 5.07. The fraction of sp³-hybridized carbons (Fsp3) is 0.800. The molecule has 62 valence electrons. The summed E-state index contributed by atoms with van der Waals surface area (Å²) < 4.78 is 23.1. The summed E-state index contributed by atoms with van der Waals surface area (Å²) in [6.07, 6.45) is 0. The summed E-state index contributed by atoms with van der Waals surface area (Å²) in [6.45, 7) is 0. The molecule has 2 rings (SSSR count). The number of sulfone groups is 1. The Labute approximate surface area is 79.4 Å². The summed E-state index contributed by atoms with van der Waals surface area (Å²) in [5, 5.41) is 0.495. The monoisotopic (exact) mass is 226 g/mol. The van der Waals surface area contributed by atoms with Crippen LogP contribution in [0, 0.1) is 0 Å². The Balaban J connectivity index is 2.22. The van der Waals surface area contributed by atoms with Crippen molar-refractivity contribution in [1.29, 1.82) is 0 Å². The molecule has 0 radical (unpaired) electrons. The van der Waals surface area contributed by atoms with Crippen molar-refractivity contribution >= 4 is 49.1 Å². The van der Waals surface area contributed by atoms with Gasteiger partial charge in [0.15, 0.2) is 9.84 Å². The summed E-state index contributed by atoms with van der Waals surface area (Å²) in [6, 6.07) is 0. The number of rotatable bonds is 0. The van der Waals surface area contributed by atoms with Crippen LogP contribution in [-0.4, -0.2) is 34.0 Å². The summed E-state index contributed by atoms with van der Waals surface area (Å²) in [7, 11) is -2.73. The number of thioether (sulfide) groups is 2. The average Bonchev–Trinajstić information content (AvgIpc) is 2.17. The van der Waals surface area contributed by atoms with Gasteiger partial charge < -0.3 is 0 Å². The second-order valence-corrected chi connectivity index (χ2v) is 8.48. The van der Waals surface area contributed by atoms with Crippen LogP contribution in [0.4, 0.5) is 0 Å². The molecule has 2 nitrogen and oxygen atoms in total. The maximum atomic E-state index is 11.1. The van der Waals surface area contributed by atoms with Crippen LogP contribution in [0.1, 0.15) is 0 Å². The standard InChI is InChI=1S/C5H6O2S4/c6-11(7)1-3-4(2-11)10-5(8)9-3/h3-4H,1-2H2/t3-,4-/m0/s1. The first-order valence-electron chi connectivity index (χ1n) is 3.14. The van der Waals surface area contributed by atoms with Crippen molar-refractivity contribution in [2.45, 2.75) is 10.5 Å². The first-order valence-corrected chi connectivity index (χ1v) is 7.13. The highest BCUT2D eigenvalue weighted by Gasteiger charge is 2.43. The van der Waals surface area contributed by atoms with Crippen LogP contribution in [0.25, 0.3) is 0 Å². The molecule has 0 unspecified atom stereocenters. The predicted molar refractivity (Wildman–Crippen MR) is 54.0 cm³/mol. The number of fused-ring (bicyclic) bond motifs is 1. The van der Waals surface area contributed by atoms with Crippen LogP contribution in [0.2, 0.25) is 0 Å². The third kappa shape index (κ3) is 1.59. The van der Waals surface area contributed by atoms with Gasteiger partial charge in [-0.05, 0) is 0 Å². The van der Waals surface area contributed by atoms with Gasteiger partial charge in [-0.25, -0.2) is 8.42 Å². The van der Waals surface area contributed by atoms with Gasteiger partial charge >= 0.3 is 0 Å². The quantitative estimate of drug-likeness (QED) is 0.574. The van der Waals surface area contributed by atoms with Gasteiger partial charge in [0.05, 0.1) is 11.5 Å². The maximum absolute atomic E-state index is 11.1. The molecule has 0 aromatic rings. The minimum atomic E-state index is -2.73. The van der Waals surface area contributed by atoms with Gasteiger partial charge in [0.25, 0.3) is 0 Å². The van der Waals surface area contributed by atoms with E-state index in [1.807, 2.05) is 0 Å². The Kier molecular flexibility index (Phi) is 1.98. The molecule has 2 atom stereocenters. The van der Waals surface area contributed by atoms with E-state index in [0.29, 0.717) is 11.5 Å². The molecule has 0 N–H and O–H groups in total. The molecular weight excluding hydrogens is 220 g/mol. The second kappa shape index (κ2) is 2.61. The molecule has 11 heavy (non-hydrogen) atoms. The van der Waals surface area contributed by atoms with E-state index in [2.05, 4.69) is 0 Å². The molecule has 0 aromatic heterocycles. The van der Waals surface area contributed by atoms with Gasteiger partial charge in [-0.2, -0.15) is 0 Å². The van der Waals surface area contributed by atoms with Crippen molar-refractivity contribution in [3.8, 4) is 0 Å². The Morgan fingerprint density at radius 2 is 1.73 bits per heavy atom. The van der Waals surface area contributed by atoms with Gasteiger partial charge in [0.1, 0.15) is 3.53 Å². The molecular formula is C5H6O2S4. The van der Waals surface area contributed by atoms with Gasteiger partial charge in [-0.3, -0.25) is 0 Å². The lowest BCUT2D eigenvalue weighted by Crippen LogP contribution is -2.10. The van der Waals surface area contributed by atoms with Crippen LogP contribution >= 0.6 is 35.7 Å². The van der Waals surface area contributed by atoms with Crippen LogP contribution in [0.3, 0.4) is 0 Å². The molecule has 6 heteroatoms. The van der Waals surface area contributed by atoms with E-state index >= 15 is 0 Å². The van der Waals surface area contributed by atoms with E-state index in [1.54, 1.807) is 23.5 Å². The molecule has 0 amide bonds. The normalized spacial score (nSPS) is 40.9. The predicted octanol–water partition coefficient (Wildman–Crippen LogP) is 0.917. The molecule has 0 spiro atoms. The highest BCUT2D eigenvalue weighted by molar-refractivity contribution is 8.50. The third-order valence-corrected chi connectivity index (χ3v) is 7.21. The fourth-order valence-electron chi connectivity index (χ4n) is 1.28. The van der Waals surface area contributed by atoms with Crippen molar-refractivity contribution in [3.63, 3.8) is 0 Å². The zero-order chi connectivity index (χ0) is 8.06. The lowest BCUT2D eigenvalue weighted by molar-refractivity contribution is 0.602. The Hall–Kier alpha value is 0.740. The first kappa shape index (κ1) is 8.34. The Bertz CT molecular complexity index is 272. The van der Waals surface area contributed by atoms with Gasteiger partial charge in [-0.1, -0.05) is 12.2 Å². The highest BCUT2D eigenvalue weighted by atomic mass is 32.2. The molecule has 2 aliphatic heterocycles. The summed E-state index contributed by atoms with van der Waals surface area (Å²) in [4.78, 5) is 0. The summed E-state index contributed by atoms with van der Waals surface area (Å²) >= 11 is 8.09. The van der Waals surface area contributed by atoms with Crippen LogP contribution < -0.4 is 0 Å². The topological polar surface area (TPSA) is 34.1 Å². The minimum Gasteiger partial charge on any atom is -0.229 e. The molecule has 2 fully saturated rings. The van der Waals surface area contributed by atoms with Crippen LogP contribution in [0.15, 0.2) is 0 Å². The van der Waals surface area contributed by atoms with E-state index < -0.39 is 9.84 Å². The molecule has 2 aliphatic rings. The molecule has 0 saturated carbocycles. The smallest absolute Gasteiger partial charge is 0.152 e.